The first kappa shape index (κ1) is 18.9. The second kappa shape index (κ2) is 7.19. The maximum absolute atomic E-state index is 12.9. The molecular weight excluding hydrogens is 385 g/mol. The number of nitrogen functional groups attached to an aromatic ring is 1. The van der Waals surface area contributed by atoms with Gasteiger partial charge >= 0.3 is 6.18 Å². The molecule has 150 valence electrons. The fourth-order valence-corrected chi connectivity index (χ4v) is 3.55. The number of anilines is 1. The van der Waals surface area contributed by atoms with Crippen LogP contribution in [-0.4, -0.2) is 37.5 Å². The molecule has 3 heterocycles. The number of nitrogens with zero attached hydrogens (tertiary/aromatic N) is 4. The summed E-state index contributed by atoms with van der Waals surface area (Å²) in [5.41, 5.74) is 6.98. The molecule has 1 aromatic carbocycles. The van der Waals surface area contributed by atoms with E-state index < -0.39 is 11.7 Å². The van der Waals surface area contributed by atoms with Crippen molar-refractivity contribution >= 4 is 11.9 Å². The molecule has 1 aliphatic heterocycles. The first-order chi connectivity index (χ1) is 13.8. The standard InChI is InChI=1S/C19H17F3N6O/c20-19(21,22)12-5-3-11(4-6-12)13-10-24-18(23)26-16(13)15-2-1-9-28(15)17(29)14-7-8-25-27-14/h3-8,10,15H,1-2,9H2,(H,25,27)(H2,23,24,26)/t15-/m1/s1. The van der Waals surface area contributed by atoms with Gasteiger partial charge in [-0.1, -0.05) is 12.1 Å². The molecule has 1 amide bonds. The van der Waals surface area contributed by atoms with Crippen molar-refractivity contribution < 1.29 is 18.0 Å². The van der Waals surface area contributed by atoms with Gasteiger partial charge in [0.1, 0.15) is 5.69 Å². The molecule has 0 spiro atoms. The highest BCUT2D eigenvalue weighted by molar-refractivity contribution is 5.92. The number of likely N-dealkylation sites (tertiary alicyclic amines) is 1. The minimum atomic E-state index is -4.42. The fraction of sp³-hybridized carbons (Fsp3) is 0.263. The predicted molar refractivity (Wildman–Crippen MR) is 98.5 cm³/mol. The van der Waals surface area contributed by atoms with E-state index in [1.165, 1.54) is 24.5 Å². The molecule has 1 fully saturated rings. The fourth-order valence-electron chi connectivity index (χ4n) is 3.55. The van der Waals surface area contributed by atoms with Crippen molar-refractivity contribution in [1.29, 1.82) is 0 Å². The largest absolute Gasteiger partial charge is 0.416 e. The molecule has 0 saturated carbocycles. The zero-order valence-electron chi connectivity index (χ0n) is 15.1. The van der Waals surface area contributed by atoms with Crippen molar-refractivity contribution in [2.45, 2.75) is 25.1 Å². The number of benzene rings is 1. The molecule has 0 bridgehead atoms. The van der Waals surface area contributed by atoms with Gasteiger partial charge in [0, 0.05) is 24.5 Å². The van der Waals surface area contributed by atoms with Crippen LogP contribution in [0.4, 0.5) is 19.1 Å². The number of carbonyl (C=O) groups is 1. The number of rotatable bonds is 3. The molecule has 3 aromatic rings. The van der Waals surface area contributed by atoms with Crippen LogP contribution >= 0.6 is 0 Å². The number of H-pyrrole nitrogens is 1. The number of aromatic amines is 1. The average molecular weight is 402 g/mol. The highest BCUT2D eigenvalue weighted by atomic mass is 19.4. The van der Waals surface area contributed by atoms with Crippen LogP contribution < -0.4 is 5.73 Å². The monoisotopic (exact) mass is 402 g/mol. The lowest BCUT2D eigenvalue weighted by Gasteiger charge is -2.25. The van der Waals surface area contributed by atoms with Crippen molar-refractivity contribution in [2.24, 2.45) is 0 Å². The summed E-state index contributed by atoms with van der Waals surface area (Å²) >= 11 is 0. The van der Waals surface area contributed by atoms with Gasteiger partial charge < -0.3 is 10.6 Å². The van der Waals surface area contributed by atoms with Gasteiger partial charge in [0.05, 0.1) is 17.3 Å². The van der Waals surface area contributed by atoms with E-state index in [-0.39, 0.29) is 17.9 Å². The van der Waals surface area contributed by atoms with Crippen LogP contribution in [0, 0.1) is 0 Å². The summed E-state index contributed by atoms with van der Waals surface area (Å²) in [5, 5.41) is 6.47. The Morgan fingerprint density at radius 3 is 2.62 bits per heavy atom. The lowest BCUT2D eigenvalue weighted by atomic mass is 9.98. The van der Waals surface area contributed by atoms with Crippen LogP contribution in [0.3, 0.4) is 0 Å². The van der Waals surface area contributed by atoms with E-state index in [2.05, 4.69) is 20.2 Å². The van der Waals surface area contributed by atoms with E-state index in [9.17, 15) is 18.0 Å². The highest BCUT2D eigenvalue weighted by Gasteiger charge is 2.34. The topological polar surface area (TPSA) is 101 Å². The number of nitrogens with two attached hydrogens (primary N) is 1. The van der Waals surface area contributed by atoms with E-state index in [0.29, 0.717) is 35.5 Å². The summed E-state index contributed by atoms with van der Waals surface area (Å²) in [6, 6.07) is 5.99. The first-order valence-corrected chi connectivity index (χ1v) is 8.95. The second-order valence-corrected chi connectivity index (χ2v) is 6.73. The molecule has 0 unspecified atom stereocenters. The maximum Gasteiger partial charge on any atom is 0.416 e. The molecule has 3 N–H and O–H groups in total. The zero-order chi connectivity index (χ0) is 20.6. The zero-order valence-corrected chi connectivity index (χ0v) is 15.1. The van der Waals surface area contributed by atoms with Gasteiger partial charge in [-0.05, 0) is 36.6 Å². The van der Waals surface area contributed by atoms with Crippen LogP contribution in [0.15, 0.2) is 42.7 Å². The number of aromatic nitrogens is 4. The number of carbonyl (C=O) groups excluding carboxylic acids is 1. The Bertz CT molecular complexity index is 1020. The third kappa shape index (κ3) is 3.65. The van der Waals surface area contributed by atoms with Crippen molar-refractivity contribution in [3.05, 3.63) is 59.7 Å². The minimum Gasteiger partial charge on any atom is -0.368 e. The SMILES string of the molecule is Nc1ncc(-c2ccc(C(F)(F)F)cc2)c([C@H]2CCCN2C(=O)c2ccn[nH]2)n1. The normalized spacial score (nSPS) is 16.9. The number of hydrogen-bond acceptors (Lipinski definition) is 5. The number of alkyl halides is 3. The minimum absolute atomic E-state index is 0.0384. The third-order valence-electron chi connectivity index (χ3n) is 4.92. The second-order valence-electron chi connectivity index (χ2n) is 6.73. The van der Waals surface area contributed by atoms with Gasteiger partial charge in [0.25, 0.3) is 5.91 Å². The van der Waals surface area contributed by atoms with Crippen molar-refractivity contribution in [3.8, 4) is 11.1 Å². The van der Waals surface area contributed by atoms with Gasteiger partial charge in [-0.3, -0.25) is 9.89 Å². The van der Waals surface area contributed by atoms with Gasteiger partial charge in [-0.15, -0.1) is 0 Å². The van der Waals surface area contributed by atoms with Gasteiger partial charge in [0.15, 0.2) is 0 Å². The van der Waals surface area contributed by atoms with Crippen molar-refractivity contribution in [1.82, 2.24) is 25.1 Å². The molecule has 1 saturated heterocycles. The maximum atomic E-state index is 12.9. The third-order valence-corrected chi connectivity index (χ3v) is 4.92. The molecule has 2 aromatic heterocycles. The van der Waals surface area contributed by atoms with E-state index in [1.807, 2.05) is 0 Å². The molecule has 29 heavy (non-hydrogen) atoms. The van der Waals surface area contributed by atoms with Gasteiger partial charge in [-0.25, -0.2) is 9.97 Å². The summed E-state index contributed by atoms with van der Waals surface area (Å²) in [5.74, 6) is -0.183. The number of nitrogens with one attached hydrogen (secondary N) is 1. The Labute approximate surface area is 163 Å². The van der Waals surface area contributed by atoms with Crippen LogP contribution in [-0.2, 0) is 6.18 Å². The lowest BCUT2D eigenvalue weighted by Crippen LogP contribution is -2.31. The summed E-state index contributed by atoms with van der Waals surface area (Å²) in [4.78, 5) is 22.8. The summed E-state index contributed by atoms with van der Waals surface area (Å²) in [6.45, 7) is 0.527. The molecule has 1 atom stereocenters. The van der Waals surface area contributed by atoms with Crippen LogP contribution in [0.1, 0.15) is 40.6 Å². The summed E-state index contributed by atoms with van der Waals surface area (Å²) in [6.07, 6.45) is -0.0192. The summed E-state index contributed by atoms with van der Waals surface area (Å²) in [7, 11) is 0. The van der Waals surface area contributed by atoms with Gasteiger partial charge in [-0.2, -0.15) is 18.3 Å². The van der Waals surface area contributed by atoms with Crippen LogP contribution in [0.25, 0.3) is 11.1 Å². The molecule has 1 aliphatic rings. The lowest BCUT2D eigenvalue weighted by molar-refractivity contribution is -0.137. The smallest absolute Gasteiger partial charge is 0.368 e. The molecule has 7 nitrogen and oxygen atoms in total. The highest BCUT2D eigenvalue weighted by Crippen LogP contribution is 2.38. The molecule has 0 aliphatic carbocycles. The molecule has 10 heteroatoms. The molecule has 4 rings (SSSR count). The molecule has 0 radical (unpaired) electrons. The van der Waals surface area contributed by atoms with E-state index in [0.717, 1.165) is 18.6 Å². The van der Waals surface area contributed by atoms with Crippen LogP contribution in [0.2, 0.25) is 0 Å². The van der Waals surface area contributed by atoms with E-state index >= 15 is 0 Å². The van der Waals surface area contributed by atoms with Crippen LogP contribution in [0.5, 0.6) is 0 Å². The van der Waals surface area contributed by atoms with E-state index in [1.54, 1.807) is 11.0 Å². The Morgan fingerprint density at radius 1 is 1.21 bits per heavy atom. The van der Waals surface area contributed by atoms with Crippen molar-refractivity contribution in [3.63, 3.8) is 0 Å². The number of amides is 1. The van der Waals surface area contributed by atoms with E-state index in [4.69, 9.17) is 5.73 Å². The van der Waals surface area contributed by atoms with Gasteiger partial charge in [0.2, 0.25) is 5.95 Å². The number of halogens is 3. The predicted octanol–water partition coefficient (Wildman–Crippen LogP) is 3.45. The average Bonchev–Trinajstić information content (AvgIpc) is 3.39. The van der Waals surface area contributed by atoms with Crippen molar-refractivity contribution in [2.75, 3.05) is 12.3 Å². The Morgan fingerprint density at radius 2 is 1.97 bits per heavy atom. The number of hydrogen-bond donors (Lipinski definition) is 2. The first-order valence-electron chi connectivity index (χ1n) is 8.95. The Kier molecular flexibility index (Phi) is 4.69. The Hall–Kier alpha value is -3.43. The Balaban J connectivity index is 1.72. The molecular formula is C19H17F3N6O. The quantitative estimate of drug-likeness (QED) is 0.699. The summed E-state index contributed by atoms with van der Waals surface area (Å²) < 4.78 is 38.6.